The average Bonchev–Trinajstić information content (AvgIpc) is 2.97. The van der Waals surface area contributed by atoms with Crippen molar-refractivity contribution >= 4 is 28.7 Å². The normalized spacial score (nSPS) is 10.7. The number of esters is 1. The van der Waals surface area contributed by atoms with Crippen LogP contribution >= 0.6 is 0 Å². The van der Waals surface area contributed by atoms with E-state index in [1.807, 2.05) is 0 Å². The van der Waals surface area contributed by atoms with Crippen LogP contribution in [0.4, 0.5) is 10.5 Å². The van der Waals surface area contributed by atoms with E-state index in [1.165, 1.54) is 12.1 Å². The molecule has 3 rings (SSSR count). The van der Waals surface area contributed by atoms with Crippen molar-refractivity contribution in [2.75, 3.05) is 11.9 Å². The van der Waals surface area contributed by atoms with Crippen LogP contribution in [0, 0.1) is 13.8 Å². The van der Waals surface area contributed by atoms with Gasteiger partial charge in [0, 0.05) is 28.8 Å². The molecule has 2 heterocycles. The van der Waals surface area contributed by atoms with Crippen molar-refractivity contribution in [2.24, 2.45) is 0 Å². The van der Waals surface area contributed by atoms with Crippen LogP contribution in [0.15, 0.2) is 38.0 Å². The van der Waals surface area contributed by atoms with Gasteiger partial charge < -0.3 is 18.4 Å². The Morgan fingerprint density at radius 3 is 2.64 bits per heavy atom. The number of amides is 1. The van der Waals surface area contributed by atoms with E-state index in [9.17, 15) is 14.4 Å². The van der Waals surface area contributed by atoms with E-state index in [1.54, 1.807) is 32.9 Å². The maximum absolute atomic E-state index is 12.3. The first-order valence-corrected chi connectivity index (χ1v) is 8.49. The first kappa shape index (κ1) is 19.2. The van der Waals surface area contributed by atoms with Crippen LogP contribution in [0.3, 0.4) is 0 Å². The highest BCUT2D eigenvalue weighted by Crippen LogP contribution is 2.23. The van der Waals surface area contributed by atoms with Gasteiger partial charge >= 0.3 is 17.7 Å². The number of carbonyl (C=O) groups is 2. The monoisotopic (exact) mass is 386 g/mol. The molecule has 9 nitrogen and oxygen atoms in total. The van der Waals surface area contributed by atoms with Crippen molar-refractivity contribution in [3.63, 3.8) is 0 Å². The lowest BCUT2D eigenvalue weighted by molar-refractivity contribution is 0.0471. The van der Waals surface area contributed by atoms with E-state index in [0.717, 1.165) is 0 Å². The van der Waals surface area contributed by atoms with Gasteiger partial charge in [-0.25, -0.2) is 14.4 Å². The zero-order valence-electron chi connectivity index (χ0n) is 15.5. The number of aryl methyl sites for hydroxylation is 2. The summed E-state index contributed by atoms with van der Waals surface area (Å²) >= 11 is 0. The molecule has 28 heavy (non-hydrogen) atoms. The molecular formula is C19H18N2O7. The van der Waals surface area contributed by atoms with Crippen molar-refractivity contribution < 1.29 is 28.0 Å². The van der Waals surface area contributed by atoms with Gasteiger partial charge in [-0.05, 0) is 32.9 Å². The van der Waals surface area contributed by atoms with E-state index >= 15 is 0 Å². The fourth-order valence-electron chi connectivity index (χ4n) is 2.70. The molecule has 0 saturated heterocycles. The Bertz CT molecular complexity index is 1080. The highest BCUT2D eigenvalue weighted by molar-refractivity contribution is 5.92. The minimum absolute atomic E-state index is 0.143. The summed E-state index contributed by atoms with van der Waals surface area (Å²) in [5.74, 6) is -0.243. The van der Waals surface area contributed by atoms with Crippen molar-refractivity contribution in [3.8, 4) is 0 Å². The number of nitrogens with one attached hydrogen (secondary N) is 1. The smallest absolute Gasteiger partial charge is 0.411 e. The van der Waals surface area contributed by atoms with Gasteiger partial charge in [0.1, 0.15) is 23.5 Å². The number of nitrogens with zero attached hydrogens (tertiary/aromatic N) is 1. The maximum Gasteiger partial charge on any atom is 0.411 e. The van der Waals surface area contributed by atoms with Crippen LogP contribution in [0.1, 0.15) is 34.3 Å². The first-order chi connectivity index (χ1) is 13.4. The standard InChI is InChI=1S/C19H18N2O7/c1-4-25-19(24)20-13-5-6-14-12(7-16(22)27-15(14)8-13)9-26-18(23)17-10(2)21-28-11(17)3/h5-8H,4,9H2,1-3H3,(H,20,24). The van der Waals surface area contributed by atoms with Gasteiger partial charge in [-0.2, -0.15) is 0 Å². The summed E-state index contributed by atoms with van der Waals surface area (Å²) < 4.78 is 20.3. The van der Waals surface area contributed by atoms with Crippen molar-refractivity contribution in [1.82, 2.24) is 5.16 Å². The van der Waals surface area contributed by atoms with Crippen LogP contribution in [0.5, 0.6) is 0 Å². The molecule has 0 atom stereocenters. The topological polar surface area (TPSA) is 121 Å². The Hall–Kier alpha value is -3.62. The number of anilines is 1. The number of aromatic nitrogens is 1. The molecule has 0 bridgehead atoms. The third kappa shape index (κ3) is 4.03. The largest absolute Gasteiger partial charge is 0.457 e. The fourth-order valence-corrected chi connectivity index (χ4v) is 2.70. The van der Waals surface area contributed by atoms with Crippen LogP contribution in [0.25, 0.3) is 11.0 Å². The highest BCUT2D eigenvalue weighted by atomic mass is 16.5. The van der Waals surface area contributed by atoms with Crippen LogP contribution < -0.4 is 10.9 Å². The molecule has 0 aliphatic heterocycles. The second-order valence-corrected chi connectivity index (χ2v) is 5.92. The quantitative estimate of drug-likeness (QED) is 0.523. The Balaban J connectivity index is 1.84. The lowest BCUT2D eigenvalue weighted by Crippen LogP contribution is -2.13. The number of ether oxygens (including phenoxy) is 2. The van der Waals surface area contributed by atoms with Crippen LogP contribution in [-0.2, 0) is 16.1 Å². The first-order valence-electron chi connectivity index (χ1n) is 8.49. The third-order valence-corrected chi connectivity index (χ3v) is 3.95. The summed E-state index contributed by atoms with van der Waals surface area (Å²) in [6.45, 7) is 5.03. The minimum Gasteiger partial charge on any atom is -0.457 e. The second-order valence-electron chi connectivity index (χ2n) is 5.92. The van der Waals surface area contributed by atoms with Crippen LogP contribution in [-0.4, -0.2) is 23.8 Å². The highest BCUT2D eigenvalue weighted by Gasteiger charge is 2.19. The van der Waals surface area contributed by atoms with Gasteiger partial charge in [0.2, 0.25) is 0 Å². The molecular weight excluding hydrogens is 368 g/mol. The Kier molecular flexibility index (Phi) is 5.44. The summed E-state index contributed by atoms with van der Waals surface area (Å²) in [6, 6.07) is 6.02. The van der Waals surface area contributed by atoms with E-state index < -0.39 is 17.7 Å². The number of fused-ring (bicyclic) bond motifs is 1. The Morgan fingerprint density at radius 2 is 1.96 bits per heavy atom. The molecule has 0 fully saturated rings. The molecule has 1 aromatic carbocycles. The predicted molar refractivity (Wildman–Crippen MR) is 98.2 cm³/mol. The number of carbonyl (C=O) groups excluding carboxylic acids is 2. The molecule has 0 spiro atoms. The number of rotatable bonds is 5. The maximum atomic E-state index is 12.3. The van der Waals surface area contributed by atoms with E-state index in [2.05, 4.69) is 10.5 Å². The molecule has 0 aliphatic rings. The number of benzene rings is 1. The van der Waals surface area contributed by atoms with E-state index in [-0.39, 0.29) is 24.4 Å². The molecule has 0 aliphatic carbocycles. The lowest BCUT2D eigenvalue weighted by atomic mass is 10.1. The van der Waals surface area contributed by atoms with Gasteiger partial charge in [0.15, 0.2) is 0 Å². The van der Waals surface area contributed by atoms with E-state index in [0.29, 0.717) is 28.1 Å². The molecule has 1 amide bonds. The molecule has 3 aromatic rings. The molecule has 146 valence electrons. The summed E-state index contributed by atoms with van der Waals surface area (Å²) in [4.78, 5) is 35.7. The van der Waals surface area contributed by atoms with Gasteiger partial charge in [-0.3, -0.25) is 5.32 Å². The molecule has 1 N–H and O–H groups in total. The summed E-state index contributed by atoms with van der Waals surface area (Å²) in [7, 11) is 0. The predicted octanol–water partition coefficient (Wildman–Crippen LogP) is 3.32. The summed E-state index contributed by atoms with van der Waals surface area (Å²) in [5.41, 5.74) is 1.19. The number of hydrogen-bond acceptors (Lipinski definition) is 8. The lowest BCUT2D eigenvalue weighted by Gasteiger charge is -2.09. The van der Waals surface area contributed by atoms with Crippen molar-refractivity contribution in [3.05, 3.63) is 57.3 Å². The van der Waals surface area contributed by atoms with Gasteiger partial charge in [0.25, 0.3) is 0 Å². The van der Waals surface area contributed by atoms with Crippen molar-refractivity contribution in [1.29, 1.82) is 0 Å². The summed E-state index contributed by atoms with van der Waals surface area (Å²) in [5, 5.41) is 6.82. The third-order valence-electron chi connectivity index (χ3n) is 3.95. The number of hydrogen-bond donors (Lipinski definition) is 1. The van der Waals surface area contributed by atoms with Crippen molar-refractivity contribution in [2.45, 2.75) is 27.4 Å². The average molecular weight is 386 g/mol. The molecule has 9 heteroatoms. The SMILES string of the molecule is CCOC(=O)Nc1ccc2c(COC(=O)c3c(C)noc3C)cc(=O)oc2c1. The minimum atomic E-state index is -0.617. The van der Waals surface area contributed by atoms with Gasteiger partial charge in [-0.15, -0.1) is 0 Å². The fraction of sp³-hybridized carbons (Fsp3) is 0.263. The molecule has 0 radical (unpaired) electrons. The van der Waals surface area contributed by atoms with Gasteiger partial charge in [0.05, 0.1) is 12.3 Å². The summed E-state index contributed by atoms with van der Waals surface area (Å²) in [6.07, 6.45) is -0.617. The zero-order valence-corrected chi connectivity index (χ0v) is 15.5. The van der Waals surface area contributed by atoms with E-state index in [4.69, 9.17) is 18.4 Å². The molecule has 0 saturated carbocycles. The second kappa shape index (κ2) is 7.95. The van der Waals surface area contributed by atoms with Gasteiger partial charge in [-0.1, -0.05) is 5.16 Å². The van der Waals surface area contributed by atoms with Crippen LogP contribution in [0.2, 0.25) is 0 Å². The molecule has 0 unspecified atom stereocenters. The zero-order chi connectivity index (χ0) is 20.3. The Labute approximate surface area is 159 Å². The molecule has 2 aromatic heterocycles. The Morgan fingerprint density at radius 1 is 1.18 bits per heavy atom.